The minimum absolute atomic E-state index is 0.140. The molecule has 0 atom stereocenters. The molecule has 0 aromatic heterocycles. The Bertz CT molecular complexity index is 380. The monoisotopic (exact) mass is 237 g/mol. The van der Waals surface area contributed by atoms with Gasteiger partial charge in [0.15, 0.2) is 5.84 Å². The van der Waals surface area contributed by atoms with Gasteiger partial charge in [-0.3, -0.25) is 4.90 Å². The van der Waals surface area contributed by atoms with Crippen LogP contribution in [0.3, 0.4) is 0 Å². The van der Waals surface area contributed by atoms with Crippen LogP contribution in [0.4, 0.5) is 0 Å². The molecule has 0 aliphatic carbocycles. The number of nitrogens with two attached hydrogens (primary N) is 1. The van der Waals surface area contributed by atoms with Gasteiger partial charge in [-0.15, -0.1) is 0 Å². The SMILES string of the molecule is COCCN(C)Cc1ccccc1C(N)=NO. The van der Waals surface area contributed by atoms with Crippen LogP contribution in [0.25, 0.3) is 0 Å². The summed E-state index contributed by atoms with van der Waals surface area (Å²) in [5.41, 5.74) is 7.42. The molecular weight excluding hydrogens is 218 g/mol. The number of ether oxygens (including phenoxy) is 1. The Labute approximate surface area is 101 Å². The summed E-state index contributed by atoms with van der Waals surface area (Å²) in [5.74, 6) is 0.140. The Kier molecular flexibility index (Phi) is 5.45. The predicted molar refractivity (Wildman–Crippen MR) is 67.2 cm³/mol. The van der Waals surface area contributed by atoms with E-state index in [1.54, 1.807) is 7.11 Å². The Balaban J connectivity index is 2.76. The summed E-state index contributed by atoms with van der Waals surface area (Å²) in [4.78, 5) is 2.12. The van der Waals surface area contributed by atoms with Gasteiger partial charge in [0, 0.05) is 25.8 Å². The first kappa shape index (κ1) is 13.5. The van der Waals surface area contributed by atoms with Crippen LogP contribution >= 0.6 is 0 Å². The molecule has 0 spiro atoms. The zero-order valence-corrected chi connectivity index (χ0v) is 10.3. The first-order chi connectivity index (χ1) is 8.19. The standard InChI is InChI=1S/C12H19N3O2/c1-15(7-8-17-2)9-10-5-3-4-6-11(10)12(13)14-16/h3-6,16H,7-9H2,1-2H3,(H2,13,14). The average molecular weight is 237 g/mol. The van der Waals surface area contributed by atoms with Crippen molar-refractivity contribution in [2.45, 2.75) is 6.54 Å². The van der Waals surface area contributed by atoms with Crippen LogP contribution in [0.1, 0.15) is 11.1 Å². The molecule has 17 heavy (non-hydrogen) atoms. The zero-order valence-electron chi connectivity index (χ0n) is 10.3. The summed E-state index contributed by atoms with van der Waals surface area (Å²) in [5, 5.41) is 11.8. The third-order valence-electron chi connectivity index (χ3n) is 2.52. The molecule has 0 saturated carbocycles. The van der Waals surface area contributed by atoms with E-state index >= 15 is 0 Å². The van der Waals surface area contributed by atoms with Crippen molar-refractivity contribution in [3.63, 3.8) is 0 Å². The van der Waals surface area contributed by atoms with Crippen LogP contribution in [0.5, 0.6) is 0 Å². The highest BCUT2D eigenvalue weighted by Crippen LogP contribution is 2.10. The zero-order chi connectivity index (χ0) is 12.7. The van der Waals surface area contributed by atoms with Gasteiger partial charge < -0.3 is 15.7 Å². The van der Waals surface area contributed by atoms with E-state index in [1.165, 1.54) is 0 Å². The minimum atomic E-state index is 0.140. The van der Waals surface area contributed by atoms with Gasteiger partial charge in [0.05, 0.1) is 6.61 Å². The van der Waals surface area contributed by atoms with Gasteiger partial charge in [0.25, 0.3) is 0 Å². The topological polar surface area (TPSA) is 71.1 Å². The van der Waals surface area contributed by atoms with Crippen molar-refractivity contribution in [2.24, 2.45) is 10.9 Å². The van der Waals surface area contributed by atoms with Gasteiger partial charge in [-0.1, -0.05) is 29.4 Å². The maximum Gasteiger partial charge on any atom is 0.170 e. The lowest BCUT2D eigenvalue weighted by Crippen LogP contribution is -2.24. The molecule has 0 saturated heterocycles. The van der Waals surface area contributed by atoms with Crippen LogP contribution in [-0.2, 0) is 11.3 Å². The first-order valence-electron chi connectivity index (χ1n) is 5.42. The van der Waals surface area contributed by atoms with E-state index in [2.05, 4.69) is 10.1 Å². The molecule has 0 aliphatic heterocycles. The van der Waals surface area contributed by atoms with Crippen molar-refractivity contribution in [2.75, 3.05) is 27.3 Å². The van der Waals surface area contributed by atoms with Gasteiger partial charge >= 0.3 is 0 Å². The summed E-state index contributed by atoms with van der Waals surface area (Å²) < 4.78 is 5.02. The van der Waals surface area contributed by atoms with Crippen LogP contribution in [0.2, 0.25) is 0 Å². The van der Waals surface area contributed by atoms with Crippen LogP contribution in [-0.4, -0.2) is 43.3 Å². The lowest BCUT2D eigenvalue weighted by molar-refractivity contribution is 0.158. The highest BCUT2D eigenvalue weighted by Gasteiger charge is 2.08. The lowest BCUT2D eigenvalue weighted by Gasteiger charge is -2.17. The van der Waals surface area contributed by atoms with Crippen molar-refractivity contribution in [1.29, 1.82) is 0 Å². The Morgan fingerprint density at radius 3 is 2.82 bits per heavy atom. The van der Waals surface area contributed by atoms with E-state index < -0.39 is 0 Å². The number of oxime groups is 1. The quantitative estimate of drug-likeness (QED) is 0.333. The second kappa shape index (κ2) is 6.88. The summed E-state index contributed by atoms with van der Waals surface area (Å²) >= 11 is 0. The summed E-state index contributed by atoms with van der Waals surface area (Å²) in [6.45, 7) is 2.25. The molecule has 0 radical (unpaired) electrons. The first-order valence-corrected chi connectivity index (χ1v) is 5.42. The Hall–Kier alpha value is -1.59. The molecule has 0 bridgehead atoms. The number of amidine groups is 1. The number of hydrogen-bond donors (Lipinski definition) is 2. The highest BCUT2D eigenvalue weighted by atomic mass is 16.5. The van der Waals surface area contributed by atoms with Crippen molar-refractivity contribution < 1.29 is 9.94 Å². The van der Waals surface area contributed by atoms with E-state index in [-0.39, 0.29) is 5.84 Å². The molecule has 5 heteroatoms. The lowest BCUT2D eigenvalue weighted by atomic mass is 10.1. The second-order valence-corrected chi connectivity index (χ2v) is 3.87. The summed E-state index contributed by atoms with van der Waals surface area (Å²) in [6, 6.07) is 7.62. The number of likely N-dealkylation sites (N-methyl/N-ethyl adjacent to an activating group) is 1. The number of hydrogen-bond acceptors (Lipinski definition) is 4. The van der Waals surface area contributed by atoms with E-state index in [0.717, 1.165) is 24.2 Å². The molecule has 94 valence electrons. The van der Waals surface area contributed by atoms with E-state index in [1.807, 2.05) is 31.3 Å². The molecule has 1 aromatic carbocycles. The summed E-state index contributed by atoms with van der Waals surface area (Å²) in [7, 11) is 3.68. The number of nitrogens with zero attached hydrogens (tertiary/aromatic N) is 2. The van der Waals surface area contributed by atoms with Crippen molar-refractivity contribution in [3.05, 3.63) is 35.4 Å². The number of methoxy groups -OCH3 is 1. The van der Waals surface area contributed by atoms with Gasteiger partial charge in [-0.25, -0.2) is 0 Å². The van der Waals surface area contributed by atoms with Crippen LogP contribution < -0.4 is 5.73 Å². The summed E-state index contributed by atoms with van der Waals surface area (Å²) in [6.07, 6.45) is 0. The van der Waals surface area contributed by atoms with Gasteiger partial charge in [0.2, 0.25) is 0 Å². The smallest absolute Gasteiger partial charge is 0.170 e. The molecule has 0 aliphatic rings. The van der Waals surface area contributed by atoms with Crippen LogP contribution in [0.15, 0.2) is 29.4 Å². The third-order valence-corrected chi connectivity index (χ3v) is 2.52. The predicted octanol–water partition coefficient (Wildman–Crippen LogP) is 0.859. The van der Waals surface area contributed by atoms with Crippen molar-refractivity contribution in [3.8, 4) is 0 Å². The fourth-order valence-corrected chi connectivity index (χ4v) is 1.58. The third kappa shape index (κ3) is 4.05. The van der Waals surface area contributed by atoms with E-state index in [9.17, 15) is 0 Å². The molecule has 0 amide bonds. The maximum absolute atomic E-state index is 8.72. The van der Waals surface area contributed by atoms with Crippen molar-refractivity contribution in [1.82, 2.24) is 4.90 Å². The normalized spacial score (nSPS) is 12.1. The fraction of sp³-hybridized carbons (Fsp3) is 0.417. The van der Waals surface area contributed by atoms with Gasteiger partial charge in [0.1, 0.15) is 0 Å². The van der Waals surface area contributed by atoms with Gasteiger partial charge in [-0.05, 0) is 12.6 Å². The fourth-order valence-electron chi connectivity index (χ4n) is 1.58. The number of benzene rings is 1. The van der Waals surface area contributed by atoms with Crippen molar-refractivity contribution >= 4 is 5.84 Å². The maximum atomic E-state index is 8.72. The molecule has 0 heterocycles. The molecule has 3 N–H and O–H groups in total. The Morgan fingerprint density at radius 1 is 1.47 bits per heavy atom. The van der Waals surface area contributed by atoms with E-state index in [4.69, 9.17) is 15.7 Å². The number of rotatable bonds is 6. The molecule has 1 rings (SSSR count). The second-order valence-electron chi connectivity index (χ2n) is 3.87. The largest absolute Gasteiger partial charge is 0.409 e. The highest BCUT2D eigenvalue weighted by molar-refractivity contribution is 5.98. The molecular formula is C12H19N3O2. The molecule has 0 unspecified atom stereocenters. The average Bonchev–Trinajstić information content (AvgIpc) is 2.36. The molecule has 1 aromatic rings. The Morgan fingerprint density at radius 2 is 2.18 bits per heavy atom. The van der Waals surface area contributed by atoms with Crippen LogP contribution in [0, 0.1) is 0 Å². The molecule has 0 fully saturated rings. The minimum Gasteiger partial charge on any atom is -0.409 e. The molecule has 5 nitrogen and oxygen atoms in total. The van der Waals surface area contributed by atoms with Gasteiger partial charge in [-0.2, -0.15) is 0 Å². The van der Waals surface area contributed by atoms with E-state index in [0.29, 0.717) is 6.61 Å².